The van der Waals surface area contributed by atoms with Crippen LogP contribution in [0.3, 0.4) is 0 Å². The lowest BCUT2D eigenvalue weighted by Crippen LogP contribution is -2.07. The van der Waals surface area contributed by atoms with Crippen LogP contribution in [0.5, 0.6) is 17.2 Å². The lowest BCUT2D eigenvalue weighted by molar-refractivity contribution is 0.295. The summed E-state index contributed by atoms with van der Waals surface area (Å²) >= 11 is 0. The molecule has 0 fully saturated rings. The summed E-state index contributed by atoms with van der Waals surface area (Å²) < 4.78 is 24.6. The molecule has 0 bridgehead atoms. The molecule has 134 valence electrons. The van der Waals surface area contributed by atoms with Crippen LogP contribution in [0.25, 0.3) is 11.4 Å². The van der Waals surface area contributed by atoms with Crippen molar-refractivity contribution in [3.8, 4) is 28.6 Å². The lowest BCUT2D eigenvalue weighted by Gasteiger charge is -2.15. The molecule has 6 nitrogen and oxygen atoms in total. The van der Waals surface area contributed by atoms with E-state index in [-0.39, 0.29) is 30.4 Å². The first-order chi connectivity index (χ1) is 12.6. The number of aliphatic hydroxyl groups excluding tert-OH is 1. The Morgan fingerprint density at radius 2 is 1.85 bits per heavy atom. The van der Waals surface area contributed by atoms with Crippen molar-refractivity contribution in [3.05, 3.63) is 60.0 Å². The Hall–Kier alpha value is -3.19. The summed E-state index contributed by atoms with van der Waals surface area (Å²) in [4.78, 5) is 8.63. The zero-order chi connectivity index (χ0) is 18.5. The van der Waals surface area contributed by atoms with E-state index in [0.717, 1.165) is 0 Å². The number of benzene rings is 2. The van der Waals surface area contributed by atoms with Gasteiger partial charge in [0.05, 0.1) is 12.8 Å². The van der Waals surface area contributed by atoms with Crippen LogP contribution in [0, 0.1) is 5.82 Å². The lowest BCUT2D eigenvalue weighted by atomic mass is 10.2. The second kappa shape index (κ2) is 7.79. The molecule has 1 heterocycles. The molecule has 0 aliphatic rings. The predicted octanol–water partition coefficient (Wildman–Crippen LogP) is 3.20. The minimum atomic E-state index is -0.400. The first-order valence-electron chi connectivity index (χ1n) is 7.96. The molecule has 0 spiro atoms. The third-order valence-electron chi connectivity index (χ3n) is 3.67. The highest BCUT2D eigenvalue weighted by molar-refractivity contribution is 5.62. The number of methoxy groups -OCH3 is 1. The van der Waals surface area contributed by atoms with Crippen molar-refractivity contribution in [1.82, 2.24) is 9.97 Å². The van der Waals surface area contributed by atoms with Crippen molar-refractivity contribution in [2.45, 2.75) is 6.42 Å². The Labute approximate surface area is 150 Å². The minimum absolute atomic E-state index is 0.0913. The van der Waals surface area contributed by atoms with Crippen LogP contribution < -0.4 is 15.2 Å². The maximum atomic E-state index is 13.5. The van der Waals surface area contributed by atoms with Gasteiger partial charge in [0.2, 0.25) is 0 Å². The van der Waals surface area contributed by atoms with Gasteiger partial charge >= 0.3 is 0 Å². The van der Waals surface area contributed by atoms with Crippen LogP contribution >= 0.6 is 0 Å². The Kier molecular flexibility index (Phi) is 5.28. The van der Waals surface area contributed by atoms with Gasteiger partial charge in [-0.2, -0.15) is 0 Å². The third-order valence-corrected chi connectivity index (χ3v) is 3.67. The second-order valence-electron chi connectivity index (χ2n) is 5.45. The van der Waals surface area contributed by atoms with Gasteiger partial charge in [0.15, 0.2) is 28.9 Å². The molecule has 0 atom stereocenters. The molecular formula is C19H18FN3O3. The molecule has 3 aromatic rings. The Balaban J connectivity index is 2.05. The van der Waals surface area contributed by atoms with Gasteiger partial charge in [-0.25, -0.2) is 14.4 Å². The highest BCUT2D eigenvalue weighted by Crippen LogP contribution is 2.36. The molecule has 0 aliphatic heterocycles. The van der Waals surface area contributed by atoms with Crippen LogP contribution in [-0.2, 0) is 6.42 Å². The summed E-state index contributed by atoms with van der Waals surface area (Å²) in [6.45, 7) is -0.151. The van der Waals surface area contributed by atoms with Crippen molar-refractivity contribution >= 4 is 5.82 Å². The number of halogens is 1. The van der Waals surface area contributed by atoms with Crippen LogP contribution in [0.2, 0.25) is 0 Å². The fourth-order valence-corrected chi connectivity index (χ4v) is 2.47. The average molecular weight is 355 g/mol. The van der Waals surface area contributed by atoms with Gasteiger partial charge in [-0.05, 0) is 24.3 Å². The summed E-state index contributed by atoms with van der Waals surface area (Å²) in [5.41, 5.74) is 6.98. The summed E-state index contributed by atoms with van der Waals surface area (Å²) in [6, 6.07) is 13.0. The molecule has 0 aliphatic carbocycles. The topological polar surface area (TPSA) is 90.5 Å². The van der Waals surface area contributed by atoms with E-state index in [0.29, 0.717) is 22.8 Å². The molecule has 0 unspecified atom stereocenters. The quantitative estimate of drug-likeness (QED) is 0.706. The van der Waals surface area contributed by atoms with Crippen LogP contribution in [0.4, 0.5) is 10.2 Å². The van der Waals surface area contributed by atoms with Gasteiger partial charge in [0, 0.05) is 18.6 Å². The molecule has 0 saturated carbocycles. The van der Waals surface area contributed by atoms with E-state index in [2.05, 4.69) is 9.97 Å². The number of aromatic nitrogens is 2. The minimum Gasteiger partial charge on any atom is -0.493 e. The fourth-order valence-electron chi connectivity index (χ4n) is 2.47. The first-order valence-corrected chi connectivity index (χ1v) is 7.96. The number of hydrogen-bond acceptors (Lipinski definition) is 6. The van der Waals surface area contributed by atoms with Crippen molar-refractivity contribution in [3.63, 3.8) is 0 Å². The standard InChI is InChI=1S/C19H18FN3O3/c1-25-15-7-2-3-8-16(15)26-17-14(9-10-24)22-19(23-18(17)21)12-5-4-6-13(20)11-12/h2-8,11,24H,9-10H2,1H3,(H2,21,22,23). The molecule has 0 saturated heterocycles. The number of nitrogens with zero attached hydrogens (tertiary/aromatic N) is 2. The largest absolute Gasteiger partial charge is 0.493 e. The molecule has 2 aromatic carbocycles. The number of para-hydroxylation sites is 2. The first kappa shape index (κ1) is 17.6. The van der Waals surface area contributed by atoms with E-state index in [4.69, 9.17) is 15.2 Å². The molecule has 0 radical (unpaired) electrons. The molecule has 3 rings (SSSR count). The van der Waals surface area contributed by atoms with Crippen molar-refractivity contribution in [1.29, 1.82) is 0 Å². The molecule has 0 amide bonds. The summed E-state index contributed by atoms with van der Waals surface area (Å²) in [7, 11) is 1.53. The highest BCUT2D eigenvalue weighted by atomic mass is 19.1. The third kappa shape index (κ3) is 3.73. The zero-order valence-corrected chi connectivity index (χ0v) is 14.1. The maximum Gasteiger partial charge on any atom is 0.191 e. The summed E-state index contributed by atoms with van der Waals surface area (Å²) in [5, 5.41) is 9.37. The summed E-state index contributed by atoms with van der Waals surface area (Å²) in [5.74, 6) is 1.16. The van der Waals surface area contributed by atoms with E-state index in [1.165, 1.54) is 19.2 Å². The zero-order valence-electron chi connectivity index (χ0n) is 14.1. The fraction of sp³-hybridized carbons (Fsp3) is 0.158. The van der Waals surface area contributed by atoms with Crippen molar-refractivity contribution in [2.24, 2.45) is 0 Å². The van der Waals surface area contributed by atoms with Crippen LogP contribution in [0.15, 0.2) is 48.5 Å². The smallest absolute Gasteiger partial charge is 0.191 e. The van der Waals surface area contributed by atoms with Gasteiger partial charge in [0.25, 0.3) is 0 Å². The number of hydrogen-bond donors (Lipinski definition) is 2. The monoisotopic (exact) mass is 355 g/mol. The molecule has 1 aromatic heterocycles. The molecule has 26 heavy (non-hydrogen) atoms. The van der Waals surface area contributed by atoms with Gasteiger partial charge < -0.3 is 20.3 Å². The number of rotatable bonds is 6. The Bertz CT molecular complexity index is 918. The van der Waals surface area contributed by atoms with E-state index in [9.17, 15) is 9.50 Å². The van der Waals surface area contributed by atoms with Gasteiger partial charge in [-0.3, -0.25) is 0 Å². The number of nitrogens with two attached hydrogens (primary N) is 1. The predicted molar refractivity (Wildman–Crippen MR) is 95.7 cm³/mol. The van der Waals surface area contributed by atoms with E-state index < -0.39 is 5.82 Å². The van der Waals surface area contributed by atoms with E-state index in [1.54, 1.807) is 30.3 Å². The maximum absolute atomic E-state index is 13.5. The highest BCUT2D eigenvalue weighted by Gasteiger charge is 2.17. The van der Waals surface area contributed by atoms with Crippen molar-refractivity contribution < 1.29 is 19.0 Å². The average Bonchev–Trinajstić information content (AvgIpc) is 2.65. The number of anilines is 1. The number of aliphatic hydroxyl groups is 1. The van der Waals surface area contributed by atoms with E-state index >= 15 is 0 Å². The Morgan fingerprint density at radius 1 is 1.08 bits per heavy atom. The number of ether oxygens (including phenoxy) is 2. The van der Waals surface area contributed by atoms with E-state index in [1.807, 2.05) is 6.07 Å². The van der Waals surface area contributed by atoms with Gasteiger partial charge in [-0.1, -0.05) is 24.3 Å². The van der Waals surface area contributed by atoms with Crippen molar-refractivity contribution in [2.75, 3.05) is 19.5 Å². The second-order valence-corrected chi connectivity index (χ2v) is 5.45. The van der Waals surface area contributed by atoms with Gasteiger partial charge in [-0.15, -0.1) is 0 Å². The SMILES string of the molecule is COc1ccccc1Oc1c(N)nc(-c2cccc(F)c2)nc1CCO. The molecule has 3 N–H and O–H groups in total. The molecule has 7 heteroatoms. The van der Waals surface area contributed by atoms with Crippen LogP contribution in [0.1, 0.15) is 5.69 Å². The summed E-state index contributed by atoms with van der Waals surface area (Å²) in [6.07, 6.45) is 0.208. The van der Waals surface area contributed by atoms with Gasteiger partial charge in [0.1, 0.15) is 5.82 Å². The number of nitrogen functional groups attached to an aromatic ring is 1. The Morgan fingerprint density at radius 3 is 2.54 bits per heavy atom. The molecular weight excluding hydrogens is 337 g/mol. The normalized spacial score (nSPS) is 10.6. The van der Waals surface area contributed by atoms with Crippen LogP contribution in [-0.4, -0.2) is 28.8 Å².